The SMILES string of the molecule is C[C@H]1[C@H](O)CN1c1nc(-c2ccc3c(c2)OCC[C@@H]3CS(N)(=O)=O)c2c(n1)C(F)(F)CC2. The second kappa shape index (κ2) is 7.32. The van der Waals surface area contributed by atoms with Crippen molar-refractivity contribution in [1.29, 1.82) is 0 Å². The second-order valence-electron chi connectivity index (χ2n) is 8.78. The maximum atomic E-state index is 14.6. The van der Waals surface area contributed by atoms with Crippen LogP contribution in [0.5, 0.6) is 5.75 Å². The van der Waals surface area contributed by atoms with E-state index in [1.807, 2.05) is 0 Å². The topological polar surface area (TPSA) is 119 Å². The fourth-order valence-corrected chi connectivity index (χ4v) is 5.60. The lowest BCUT2D eigenvalue weighted by Gasteiger charge is -2.43. The monoisotopic (exact) mass is 466 g/mol. The lowest BCUT2D eigenvalue weighted by molar-refractivity contribution is -0.00603. The van der Waals surface area contributed by atoms with Gasteiger partial charge in [0.05, 0.1) is 30.2 Å². The second-order valence-corrected chi connectivity index (χ2v) is 10.4. The number of nitrogens with zero attached hydrogens (tertiary/aromatic N) is 3. The number of fused-ring (bicyclic) bond motifs is 2. The van der Waals surface area contributed by atoms with Crippen LogP contribution in [0.1, 0.15) is 42.5 Å². The molecular formula is C21H24F2N4O4S. The molecule has 0 saturated carbocycles. The van der Waals surface area contributed by atoms with Crippen molar-refractivity contribution in [2.24, 2.45) is 5.14 Å². The van der Waals surface area contributed by atoms with E-state index in [1.54, 1.807) is 30.0 Å². The van der Waals surface area contributed by atoms with Gasteiger partial charge in [-0.05, 0) is 31.4 Å². The van der Waals surface area contributed by atoms with Gasteiger partial charge in [-0.3, -0.25) is 0 Å². The first-order chi connectivity index (χ1) is 15.0. The molecule has 0 bridgehead atoms. The van der Waals surface area contributed by atoms with Crippen LogP contribution in [-0.4, -0.2) is 54.5 Å². The molecule has 1 aromatic carbocycles. The number of nitrogens with two attached hydrogens (primary N) is 1. The van der Waals surface area contributed by atoms with Crippen LogP contribution in [-0.2, 0) is 22.4 Å². The van der Waals surface area contributed by atoms with Gasteiger partial charge in [-0.2, -0.15) is 8.78 Å². The van der Waals surface area contributed by atoms with Crippen LogP contribution in [0.3, 0.4) is 0 Å². The van der Waals surface area contributed by atoms with Gasteiger partial charge in [-0.15, -0.1) is 0 Å². The molecule has 0 radical (unpaired) electrons. The Bertz CT molecular complexity index is 1190. The van der Waals surface area contributed by atoms with Crippen molar-refractivity contribution in [2.75, 3.05) is 23.8 Å². The molecule has 32 heavy (non-hydrogen) atoms. The van der Waals surface area contributed by atoms with E-state index in [4.69, 9.17) is 9.88 Å². The third-order valence-corrected chi connectivity index (χ3v) is 7.47. The average Bonchev–Trinajstić information content (AvgIpc) is 3.04. The molecule has 3 aliphatic rings. The molecule has 0 amide bonds. The summed E-state index contributed by atoms with van der Waals surface area (Å²) in [5.74, 6) is -2.84. The first kappa shape index (κ1) is 21.5. The summed E-state index contributed by atoms with van der Waals surface area (Å²) >= 11 is 0. The Labute approximate surface area is 184 Å². The van der Waals surface area contributed by atoms with Crippen LogP contribution in [0.2, 0.25) is 0 Å². The molecular weight excluding hydrogens is 442 g/mol. The number of hydrogen-bond acceptors (Lipinski definition) is 7. The largest absolute Gasteiger partial charge is 0.493 e. The summed E-state index contributed by atoms with van der Waals surface area (Å²) < 4.78 is 58.2. The zero-order chi connectivity index (χ0) is 22.8. The van der Waals surface area contributed by atoms with Crippen LogP contribution in [0.4, 0.5) is 14.7 Å². The van der Waals surface area contributed by atoms with E-state index in [0.717, 1.165) is 5.56 Å². The van der Waals surface area contributed by atoms with E-state index in [9.17, 15) is 22.3 Å². The number of aromatic nitrogens is 2. The summed E-state index contributed by atoms with van der Waals surface area (Å²) in [5.41, 5.74) is 1.88. The predicted octanol–water partition coefficient (Wildman–Crippen LogP) is 1.91. The molecule has 3 heterocycles. The minimum Gasteiger partial charge on any atom is -0.493 e. The van der Waals surface area contributed by atoms with Gasteiger partial charge < -0.3 is 14.7 Å². The number of alkyl halides is 2. The number of halogens is 2. The normalized spacial score (nSPS) is 26.2. The van der Waals surface area contributed by atoms with Crippen molar-refractivity contribution in [3.63, 3.8) is 0 Å². The summed E-state index contributed by atoms with van der Waals surface area (Å²) in [6.07, 6.45) is -0.202. The molecule has 3 atom stereocenters. The molecule has 1 aliphatic carbocycles. The quantitative estimate of drug-likeness (QED) is 0.707. The maximum Gasteiger partial charge on any atom is 0.290 e. The van der Waals surface area contributed by atoms with Crippen LogP contribution in [0.15, 0.2) is 18.2 Å². The zero-order valence-electron chi connectivity index (χ0n) is 17.5. The van der Waals surface area contributed by atoms with Gasteiger partial charge in [0.1, 0.15) is 11.4 Å². The molecule has 0 spiro atoms. The van der Waals surface area contributed by atoms with Crippen LogP contribution < -0.4 is 14.8 Å². The highest BCUT2D eigenvalue weighted by atomic mass is 32.2. The third kappa shape index (κ3) is 3.61. The third-order valence-electron chi connectivity index (χ3n) is 6.60. The van der Waals surface area contributed by atoms with Gasteiger partial charge in [-0.25, -0.2) is 23.5 Å². The Morgan fingerprint density at radius 3 is 2.81 bits per heavy atom. The molecule has 2 aromatic rings. The Morgan fingerprint density at radius 2 is 2.12 bits per heavy atom. The number of primary sulfonamides is 1. The van der Waals surface area contributed by atoms with E-state index >= 15 is 0 Å². The van der Waals surface area contributed by atoms with E-state index in [0.29, 0.717) is 35.6 Å². The van der Waals surface area contributed by atoms with E-state index in [1.165, 1.54) is 0 Å². The number of hydrogen-bond donors (Lipinski definition) is 2. The van der Waals surface area contributed by atoms with Gasteiger partial charge in [-0.1, -0.05) is 12.1 Å². The molecule has 1 saturated heterocycles. The van der Waals surface area contributed by atoms with E-state index < -0.39 is 22.0 Å². The molecule has 0 unspecified atom stereocenters. The van der Waals surface area contributed by atoms with Gasteiger partial charge in [0.2, 0.25) is 16.0 Å². The molecule has 11 heteroatoms. The Morgan fingerprint density at radius 1 is 1.34 bits per heavy atom. The Kier molecular flexibility index (Phi) is 4.91. The number of aliphatic hydroxyl groups is 1. The molecule has 3 N–H and O–H groups in total. The Hall–Kier alpha value is -2.37. The van der Waals surface area contributed by atoms with Crippen molar-refractivity contribution < 1.29 is 27.0 Å². The van der Waals surface area contributed by atoms with Gasteiger partial charge in [0, 0.05) is 30.0 Å². The summed E-state index contributed by atoms with van der Waals surface area (Å²) in [7, 11) is -3.66. The number of sulfonamides is 1. The van der Waals surface area contributed by atoms with Crippen molar-refractivity contribution in [2.45, 2.75) is 50.2 Å². The standard InChI is InChI=1S/C21H24F2N4O4S/c1-11-16(28)9-27(11)20-25-18(15-4-6-21(22,23)19(15)26-20)12-2-3-14-13(10-32(24,29)30)5-7-31-17(14)8-12/h2-3,8,11,13,16,28H,4-7,9-10H2,1H3,(H2,24,29,30)/t11-,13+,16+/m0/s1. The van der Waals surface area contributed by atoms with E-state index in [2.05, 4.69) is 9.97 Å². The lowest BCUT2D eigenvalue weighted by Crippen LogP contribution is -2.59. The first-order valence-electron chi connectivity index (χ1n) is 10.5. The highest BCUT2D eigenvalue weighted by molar-refractivity contribution is 7.89. The molecule has 8 nitrogen and oxygen atoms in total. The minimum atomic E-state index is -3.66. The molecule has 1 aromatic heterocycles. The van der Waals surface area contributed by atoms with Crippen molar-refractivity contribution >= 4 is 16.0 Å². The predicted molar refractivity (Wildman–Crippen MR) is 113 cm³/mol. The average molecular weight is 467 g/mol. The number of aliphatic hydroxyl groups excluding tert-OH is 1. The Balaban J connectivity index is 1.59. The van der Waals surface area contributed by atoms with Gasteiger partial charge in [0.15, 0.2) is 0 Å². The summed E-state index contributed by atoms with van der Waals surface area (Å²) in [6.45, 7) is 2.42. The summed E-state index contributed by atoms with van der Waals surface area (Å²) in [5, 5.41) is 15.1. The van der Waals surface area contributed by atoms with Gasteiger partial charge in [0.25, 0.3) is 5.92 Å². The number of anilines is 1. The number of ether oxygens (including phenoxy) is 1. The molecule has 2 aliphatic heterocycles. The van der Waals surface area contributed by atoms with Crippen molar-refractivity contribution in [1.82, 2.24) is 9.97 Å². The fourth-order valence-electron chi connectivity index (χ4n) is 4.70. The van der Waals surface area contributed by atoms with Crippen LogP contribution in [0.25, 0.3) is 11.3 Å². The fraction of sp³-hybridized carbons (Fsp3) is 0.524. The van der Waals surface area contributed by atoms with Crippen LogP contribution >= 0.6 is 0 Å². The van der Waals surface area contributed by atoms with Crippen LogP contribution in [0, 0.1) is 0 Å². The zero-order valence-corrected chi connectivity index (χ0v) is 18.3. The number of β-amino-alcohol motifs (C(OH)–C–C–N with tert-alkyl or cyclic N) is 1. The maximum absolute atomic E-state index is 14.6. The number of benzene rings is 1. The van der Waals surface area contributed by atoms with E-state index in [-0.39, 0.29) is 48.7 Å². The van der Waals surface area contributed by atoms with Crippen molar-refractivity contribution in [3.8, 4) is 17.0 Å². The summed E-state index contributed by atoms with van der Waals surface area (Å²) in [4.78, 5) is 10.5. The molecule has 172 valence electrons. The number of rotatable bonds is 4. The lowest BCUT2D eigenvalue weighted by atomic mass is 9.92. The molecule has 5 rings (SSSR count). The first-order valence-corrected chi connectivity index (χ1v) is 12.3. The minimum absolute atomic E-state index is 0.155. The highest BCUT2D eigenvalue weighted by Gasteiger charge is 2.45. The summed E-state index contributed by atoms with van der Waals surface area (Å²) in [6, 6.07) is 4.97. The smallest absolute Gasteiger partial charge is 0.290 e. The highest BCUT2D eigenvalue weighted by Crippen LogP contribution is 2.46. The van der Waals surface area contributed by atoms with Gasteiger partial charge >= 0.3 is 0 Å². The molecule has 1 fully saturated rings. The van der Waals surface area contributed by atoms with Crippen molar-refractivity contribution in [3.05, 3.63) is 35.0 Å².